The number of rotatable bonds is 5. The number of nitrogens with zero attached hydrogens (tertiary/aromatic N) is 1. The van der Waals surface area contributed by atoms with Gasteiger partial charge in [-0.15, -0.1) is 12.4 Å². The Labute approximate surface area is 122 Å². The Morgan fingerprint density at radius 1 is 1.26 bits per heavy atom. The first kappa shape index (κ1) is 16.3. The zero-order chi connectivity index (χ0) is 12.8. The topological polar surface area (TPSA) is 38.5 Å². The molecular formula is C15H25ClN2O. The van der Waals surface area contributed by atoms with Crippen LogP contribution in [0.2, 0.25) is 0 Å². The SMILES string of the molecule is COc1ccccc1CN1CCC(CCN)CC1.Cl. The molecule has 0 atom stereocenters. The minimum Gasteiger partial charge on any atom is -0.496 e. The van der Waals surface area contributed by atoms with Gasteiger partial charge >= 0.3 is 0 Å². The van der Waals surface area contributed by atoms with Crippen molar-refractivity contribution in [1.29, 1.82) is 0 Å². The molecule has 0 amide bonds. The molecule has 1 heterocycles. The number of nitrogens with two attached hydrogens (primary N) is 1. The Morgan fingerprint density at radius 2 is 1.95 bits per heavy atom. The van der Waals surface area contributed by atoms with E-state index in [-0.39, 0.29) is 12.4 Å². The highest BCUT2D eigenvalue weighted by Gasteiger charge is 2.19. The van der Waals surface area contributed by atoms with Gasteiger partial charge in [0.2, 0.25) is 0 Å². The van der Waals surface area contributed by atoms with Crippen LogP contribution < -0.4 is 10.5 Å². The van der Waals surface area contributed by atoms with Crippen LogP contribution in [0, 0.1) is 5.92 Å². The molecule has 3 nitrogen and oxygen atoms in total. The van der Waals surface area contributed by atoms with Gasteiger partial charge in [-0.25, -0.2) is 0 Å². The predicted octanol–water partition coefficient (Wildman–Crippen LogP) is 2.68. The van der Waals surface area contributed by atoms with E-state index in [0.29, 0.717) is 0 Å². The summed E-state index contributed by atoms with van der Waals surface area (Å²) in [6.45, 7) is 4.20. The van der Waals surface area contributed by atoms with E-state index < -0.39 is 0 Å². The third kappa shape index (κ3) is 4.68. The average Bonchev–Trinajstić information content (AvgIpc) is 2.42. The molecule has 0 unspecified atom stereocenters. The molecule has 2 N–H and O–H groups in total. The van der Waals surface area contributed by atoms with Crippen molar-refractivity contribution >= 4 is 12.4 Å². The number of hydrogen-bond donors (Lipinski definition) is 1. The van der Waals surface area contributed by atoms with Crippen molar-refractivity contribution in [2.45, 2.75) is 25.8 Å². The lowest BCUT2D eigenvalue weighted by Crippen LogP contribution is -2.33. The first-order valence-electron chi connectivity index (χ1n) is 6.87. The molecule has 4 heteroatoms. The van der Waals surface area contributed by atoms with Crippen LogP contribution in [0.1, 0.15) is 24.8 Å². The summed E-state index contributed by atoms with van der Waals surface area (Å²) in [6.07, 6.45) is 3.75. The smallest absolute Gasteiger partial charge is 0.123 e. The number of ether oxygens (including phenoxy) is 1. The molecule has 1 aromatic rings. The third-order valence-electron chi connectivity index (χ3n) is 3.87. The van der Waals surface area contributed by atoms with Crippen LogP contribution in [0.25, 0.3) is 0 Å². The lowest BCUT2D eigenvalue weighted by Gasteiger charge is -2.32. The number of hydrogen-bond acceptors (Lipinski definition) is 3. The second kappa shape index (κ2) is 8.41. The van der Waals surface area contributed by atoms with Crippen LogP contribution in [0.4, 0.5) is 0 Å². The van der Waals surface area contributed by atoms with Gasteiger partial charge in [0.15, 0.2) is 0 Å². The molecule has 0 spiro atoms. The Kier molecular flexibility index (Phi) is 7.21. The van der Waals surface area contributed by atoms with E-state index in [1.807, 2.05) is 12.1 Å². The van der Waals surface area contributed by atoms with Gasteiger partial charge < -0.3 is 10.5 Å². The maximum absolute atomic E-state index is 5.63. The normalized spacial score (nSPS) is 16.9. The molecule has 0 radical (unpaired) electrons. The van der Waals surface area contributed by atoms with Gasteiger partial charge in [0.1, 0.15) is 5.75 Å². The summed E-state index contributed by atoms with van der Waals surface area (Å²) in [6, 6.07) is 8.30. The lowest BCUT2D eigenvalue weighted by molar-refractivity contribution is 0.172. The summed E-state index contributed by atoms with van der Waals surface area (Å²) in [5, 5.41) is 0. The van der Waals surface area contributed by atoms with Crippen molar-refractivity contribution in [2.75, 3.05) is 26.7 Å². The molecule has 0 aliphatic carbocycles. The predicted molar refractivity (Wildman–Crippen MR) is 81.9 cm³/mol. The van der Waals surface area contributed by atoms with E-state index in [0.717, 1.165) is 24.8 Å². The number of benzene rings is 1. The van der Waals surface area contributed by atoms with Crippen molar-refractivity contribution in [3.63, 3.8) is 0 Å². The number of methoxy groups -OCH3 is 1. The van der Waals surface area contributed by atoms with E-state index in [1.165, 1.54) is 37.9 Å². The van der Waals surface area contributed by atoms with Gasteiger partial charge in [-0.3, -0.25) is 4.90 Å². The van der Waals surface area contributed by atoms with Crippen LogP contribution in [-0.2, 0) is 6.54 Å². The number of piperidine rings is 1. The highest BCUT2D eigenvalue weighted by molar-refractivity contribution is 5.85. The summed E-state index contributed by atoms with van der Waals surface area (Å²) in [5.74, 6) is 1.84. The van der Waals surface area contributed by atoms with E-state index in [9.17, 15) is 0 Å². The average molecular weight is 285 g/mol. The molecule has 0 saturated carbocycles. The van der Waals surface area contributed by atoms with Crippen molar-refractivity contribution < 1.29 is 4.74 Å². The summed E-state index contributed by atoms with van der Waals surface area (Å²) >= 11 is 0. The molecule has 1 fully saturated rings. The third-order valence-corrected chi connectivity index (χ3v) is 3.87. The number of likely N-dealkylation sites (tertiary alicyclic amines) is 1. The lowest BCUT2D eigenvalue weighted by atomic mass is 9.93. The zero-order valence-electron chi connectivity index (χ0n) is 11.7. The molecule has 19 heavy (non-hydrogen) atoms. The number of para-hydroxylation sites is 1. The fraction of sp³-hybridized carbons (Fsp3) is 0.600. The Morgan fingerprint density at radius 3 is 2.58 bits per heavy atom. The fourth-order valence-electron chi connectivity index (χ4n) is 2.74. The van der Waals surface area contributed by atoms with Crippen LogP contribution in [0.5, 0.6) is 5.75 Å². The van der Waals surface area contributed by atoms with Gasteiger partial charge in [-0.05, 0) is 50.9 Å². The summed E-state index contributed by atoms with van der Waals surface area (Å²) in [7, 11) is 1.74. The van der Waals surface area contributed by atoms with Crippen LogP contribution in [0.3, 0.4) is 0 Å². The highest BCUT2D eigenvalue weighted by Crippen LogP contribution is 2.24. The summed E-state index contributed by atoms with van der Waals surface area (Å²) < 4.78 is 5.40. The van der Waals surface area contributed by atoms with E-state index in [2.05, 4.69) is 17.0 Å². The minimum atomic E-state index is 0. The van der Waals surface area contributed by atoms with Gasteiger partial charge in [-0.1, -0.05) is 18.2 Å². The fourth-order valence-corrected chi connectivity index (χ4v) is 2.74. The van der Waals surface area contributed by atoms with Crippen molar-refractivity contribution in [3.05, 3.63) is 29.8 Å². The second-order valence-corrected chi connectivity index (χ2v) is 5.11. The van der Waals surface area contributed by atoms with Crippen molar-refractivity contribution in [3.8, 4) is 5.75 Å². The van der Waals surface area contributed by atoms with Gasteiger partial charge in [0, 0.05) is 12.1 Å². The molecule has 1 aliphatic heterocycles. The second-order valence-electron chi connectivity index (χ2n) is 5.11. The Balaban J connectivity index is 0.00000180. The quantitative estimate of drug-likeness (QED) is 0.903. The molecule has 0 bridgehead atoms. The van der Waals surface area contributed by atoms with Crippen LogP contribution in [0.15, 0.2) is 24.3 Å². The zero-order valence-corrected chi connectivity index (χ0v) is 12.5. The number of halogens is 1. The standard InChI is InChI=1S/C15H24N2O.ClH/c1-18-15-5-3-2-4-14(15)12-17-10-7-13(6-9-16)8-11-17;/h2-5,13H,6-12,16H2,1H3;1H. The maximum Gasteiger partial charge on any atom is 0.123 e. The molecule has 1 aromatic carbocycles. The van der Waals surface area contributed by atoms with Gasteiger partial charge in [0.25, 0.3) is 0 Å². The Hall–Kier alpha value is -0.770. The summed E-state index contributed by atoms with van der Waals surface area (Å²) in [4.78, 5) is 2.52. The van der Waals surface area contributed by atoms with Gasteiger partial charge in [0.05, 0.1) is 7.11 Å². The molecule has 1 saturated heterocycles. The van der Waals surface area contributed by atoms with E-state index in [1.54, 1.807) is 7.11 Å². The Bertz CT molecular complexity index is 365. The van der Waals surface area contributed by atoms with E-state index in [4.69, 9.17) is 10.5 Å². The molecular weight excluding hydrogens is 260 g/mol. The largest absolute Gasteiger partial charge is 0.496 e. The first-order chi connectivity index (χ1) is 8.83. The van der Waals surface area contributed by atoms with Gasteiger partial charge in [-0.2, -0.15) is 0 Å². The molecule has 2 rings (SSSR count). The molecule has 0 aromatic heterocycles. The van der Waals surface area contributed by atoms with E-state index >= 15 is 0 Å². The van der Waals surface area contributed by atoms with Crippen molar-refractivity contribution in [1.82, 2.24) is 4.90 Å². The molecule has 1 aliphatic rings. The first-order valence-corrected chi connectivity index (χ1v) is 6.87. The summed E-state index contributed by atoms with van der Waals surface area (Å²) in [5.41, 5.74) is 6.91. The highest BCUT2D eigenvalue weighted by atomic mass is 35.5. The van der Waals surface area contributed by atoms with Crippen molar-refractivity contribution in [2.24, 2.45) is 11.7 Å². The molecule has 108 valence electrons. The van der Waals surface area contributed by atoms with Crippen LogP contribution >= 0.6 is 12.4 Å². The maximum atomic E-state index is 5.63. The van der Waals surface area contributed by atoms with Crippen LogP contribution in [-0.4, -0.2) is 31.6 Å². The monoisotopic (exact) mass is 284 g/mol. The minimum absolute atomic E-state index is 0.